The molecular formula is C28H27FN2O3S. The van der Waals surface area contributed by atoms with Gasteiger partial charge in [0.05, 0.1) is 10.5 Å². The highest BCUT2D eigenvalue weighted by atomic mass is 32.2. The van der Waals surface area contributed by atoms with E-state index in [2.05, 4.69) is 17.1 Å². The Morgan fingerprint density at radius 3 is 2.29 bits per heavy atom. The van der Waals surface area contributed by atoms with Gasteiger partial charge in [0.1, 0.15) is 5.82 Å². The van der Waals surface area contributed by atoms with E-state index in [4.69, 9.17) is 4.42 Å². The number of rotatable bonds is 6. The second kappa shape index (κ2) is 9.66. The molecule has 180 valence electrons. The Morgan fingerprint density at radius 1 is 0.943 bits per heavy atom. The highest BCUT2D eigenvalue weighted by Gasteiger charge is 2.33. The molecule has 1 saturated heterocycles. The smallest absolute Gasteiger partial charge is 0.236 e. The van der Waals surface area contributed by atoms with Gasteiger partial charge >= 0.3 is 0 Å². The van der Waals surface area contributed by atoms with Crippen LogP contribution in [0.25, 0.3) is 11.5 Å². The van der Waals surface area contributed by atoms with Gasteiger partial charge in [0.15, 0.2) is 0 Å². The van der Waals surface area contributed by atoms with Crippen LogP contribution in [0.3, 0.4) is 0 Å². The number of hydrogen-bond donors (Lipinski definition) is 0. The van der Waals surface area contributed by atoms with E-state index in [1.807, 2.05) is 30.0 Å². The van der Waals surface area contributed by atoms with E-state index in [1.165, 1.54) is 11.6 Å². The fourth-order valence-corrected chi connectivity index (χ4v) is 5.86. The van der Waals surface area contributed by atoms with Gasteiger partial charge in [-0.25, -0.2) is 12.8 Å². The summed E-state index contributed by atoms with van der Waals surface area (Å²) < 4.78 is 47.7. The van der Waals surface area contributed by atoms with Crippen LogP contribution < -0.4 is 4.90 Å². The van der Waals surface area contributed by atoms with E-state index in [0.717, 1.165) is 24.8 Å². The zero-order valence-electron chi connectivity index (χ0n) is 19.5. The average Bonchev–Trinajstić information content (AvgIpc) is 3.32. The third kappa shape index (κ3) is 4.86. The zero-order valence-corrected chi connectivity index (χ0v) is 20.3. The van der Waals surface area contributed by atoms with Crippen LogP contribution in [-0.2, 0) is 16.3 Å². The number of nitrogens with zero attached hydrogens (tertiary/aromatic N) is 2. The molecule has 7 heteroatoms. The summed E-state index contributed by atoms with van der Waals surface area (Å²) in [6, 6.07) is 23.1. The van der Waals surface area contributed by atoms with E-state index < -0.39 is 15.7 Å². The zero-order chi connectivity index (χ0) is 24.4. The van der Waals surface area contributed by atoms with Crippen molar-refractivity contribution in [1.82, 2.24) is 4.98 Å². The van der Waals surface area contributed by atoms with Gasteiger partial charge in [-0.3, -0.25) is 0 Å². The molecule has 0 bridgehead atoms. The molecule has 0 unspecified atom stereocenters. The number of benzene rings is 3. The molecule has 1 aliphatic heterocycles. The maximum atomic E-state index is 14.5. The monoisotopic (exact) mass is 490 g/mol. The van der Waals surface area contributed by atoms with Gasteiger partial charge in [-0.05, 0) is 61.9 Å². The number of sulfone groups is 1. The molecule has 5 rings (SSSR count). The number of piperidine rings is 1. The summed E-state index contributed by atoms with van der Waals surface area (Å²) in [4.78, 5) is 6.40. The van der Waals surface area contributed by atoms with Gasteiger partial charge in [-0.15, -0.1) is 0 Å². The first-order valence-corrected chi connectivity index (χ1v) is 13.3. The molecule has 1 fully saturated rings. The molecule has 1 aromatic heterocycles. The van der Waals surface area contributed by atoms with Gasteiger partial charge in [-0.2, -0.15) is 4.98 Å². The Labute approximate surface area is 205 Å². The topological polar surface area (TPSA) is 63.4 Å². The van der Waals surface area contributed by atoms with Crippen molar-refractivity contribution in [2.24, 2.45) is 5.92 Å². The average molecular weight is 491 g/mol. The lowest BCUT2D eigenvalue weighted by molar-refractivity contribution is 0.387. The molecule has 0 spiro atoms. The van der Waals surface area contributed by atoms with Crippen LogP contribution in [0.5, 0.6) is 0 Å². The van der Waals surface area contributed by atoms with Crippen molar-refractivity contribution in [3.8, 4) is 11.5 Å². The molecule has 35 heavy (non-hydrogen) atoms. The van der Waals surface area contributed by atoms with Crippen molar-refractivity contribution in [2.75, 3.05) is 18.0 Å². The van der Waals surface area contributed by atoms with Crippen LogP contribution in [0.15, 0.2) is 93.2 Å². The number of aryl methyl sites for hydroxylation is 1. The van der Waals surface area contributed by atoms with Crippen LogP contribution in [-0.4, -0.2) is 26.5 Å². The number of anilines is 1. The molecule has 0 atom stereocenters. The highest BCUT2D eigenvalue weighted by Crippen LogP contribution is 2.37. The molecule has 0 amide bonds. The Kier molecular flexibility index (Phi) is 6.43. The molecule has 0 saturated carbocycles. The first-order chi connectivity index (χ1) is 16.9. The Morgan fingerprint density at radius 2 is 1.60 bits per heavy atom. The highest BCUT2D eigenvalue weighted by molar-refractivity contribution is 7.91. The largest absolute Gasteiger partial charge is 0.419 e. The molecule has 0 aliphatic carbocycles. The van der Waals surface area contributed by atoms with Crippen molar-refractivity contribution in [1.29, 1.82) is 0 Å². The van der Waals surface area contributed by atoms with Crippen LogP contribution in [0.4, 0.5) is 10.3 Å². The number of oxazole rings is 1. The van der Waals surface area contributed by atoms with Crippen LogP contribution in [0.1, 0.15) is 24.0 Å². The molecule has 0 radical (unpaired) electrons. The van der Waals surface area contributed by atoms with Crippen molar-refractivity contribution in [2.45, 2.75) is 36.1 Å². The molecule has 3 aromatic carbocycles. The molecule has 2 heterocycles. The number of halogens is 1. The summed E-state index contributed by atoms with van der Waals surface area (Å²) in [5.41, 5.74) is 2.39. The molecule has 1 aliphatic rings. The quantitative estimate of drug-likeness (QED) is 0.328. The van der Waals surface area contributed by atoms with E-state index in [9.17, 15) is 12.8 Å². The predicted octanol–water partition coefficient (Wildman–Crippen LogP) is 6.08. The lowest BCUT2D eigenvalue weighted by Gasteiger charge is -2.32. The maximum absolute atomic E-state index is 14.5. The summed E-state index contributed by atoms with van der Waals surface area (Å²) in [6.45, 7) is 3.17. The minimum absolute atomic E-state index is 0.0322. The minimum atomic E-state index is -3.97. The van der Waals surface area contributed by atoms with Crippen molar-refractivity contribution in [3.63, 3.8) is 0 Å². The van der Waals surface area contributed by atoms with Gasteiger partial charge < -0.3 is 9.32 Å². The number of aromatic nitrogens is 1. The normalized spacial score (nSPS) is 14.9. The molecule has 0 N–H and O–H groups in total. The third-order valence-electron chi connectivity index (χ3n) is 6.54. The Balaban J connectivity index is 1.48. The van der Waals surface area contributed by atoms with Gasteiger partial charge in [0.2, 0.25) is 26.6 Å². The lowest BCUT2D eigenvalue weighted by Crippen LogP contribution is -2.34. The SMILES string of the molecule is Cc1ccc(S(=O)(=O)c2nc(-c3ccccc3F)oc2N2CCC(Cc3ccccc3)CC2)cc1. The standard InChI is InChI=1S/C28H27FN2O3S/c1-20-11-13-23(14-12-20)35(32,33)27-28(34-26(30-27)24-9-5-6-10-25(24)29)31-17-15-22(16-18-31)19-21-7-3-2-4-8-21/h2-14,22H,15-19H2,1H3. The maximum Gasteiger partial charge on any atom is 0.236 e. The minimum Gasteiger partial charge on any atom is -0.419 e. The second-order valence-corrected chi connectivity index (χ2v) is 10.9. The summed E-state index contributed by atoms with van der Waals surface area (Å²) in [5, 5.41) is -0.166. The van der Waals surface area contributed by atoms with Gasteiger partial charge in [-0.1, -0.05) is 60.2 Å². The predicted molar refractivity (Wildman–Crippen MR) is 134 cm³/mol. The van der Waals surface area contributed by atoms with E-state index >= 15 is 0 Å². The summed E-state index contributed by atoms with van der Waals surface area (Å²) in [5.74, 6) is 0.137. The fraction of sp³-hybridized carbons (Fsp3) is 0.250. The Bertz CT molecular complexity index is 1410. The van der Waals surface area contributed by atoms with Crippen LogP contribution >= 0.6 is 0 Å². The molecule has 4 aromatic rings. The molecule has 5 nitrogen and oxygen atoms in total. The first-order valence-electron chi connectivity index (χ1n) is 11.8. The van der Waals surface area contributed by atoms with E-state index in [-0.39, 0.29) is 27.3 Å². The summed E-state index contributed by atoms with van der Waals surface area (Å²) in [6.07, 6.45) is 2.78. The van der Waals surface area contributed by atoms with Crippen molar-refractivity contribution < 1.29 is 17.2 Å². The fourth-order valence-electron chi connectivity index (χ4n) is 4.54. The van der Waals surface area contributed by atoms with Gasteiger partial charge in [0, 0.05) is 13.1 Å². The lowest BCUT2D eigenvalue weighted by atomic mass is 9.90. The third-order valence-corrected chi connectivity index (χ3v) is 8.21. The van der Waals surface area contributed by atoms with Crippen molar-refractivity contribution >= 4 is 15.7 Å². The summed E-state index contributed by atoms with van der Waals surface area (Å²) >= 11 is 0. The molecular weight excluding hydrogens is 463 g/mol. The first kappa shape index (κ1) is 23.3. The summed E-state index contributed by atoms with van der Waals surface area (Å²) in [7, 11) is -3.97. The van der Waals surface area contributed by atoms with E-state index in [0.29, 0.717) is 19.0 Å². The van der Waals surface area contributed by atoms with E-state index in [1.54, 1.807) is 42.5 Å². The van der Waals surface area contributed by atoms with Crippen molar-refractivity contribution in [3.05, 3.63) is 95.8 Å². The van der Waals surface area contributed by atoms with Crippen LogP contribution in [0.2, 0.25) is 0 Å². The second-order valence-electron chi connectivity index (χ2n) is 9.05. The van der Waals surface area contributed by atoms with Gasteiger partial charge in [0.25, 0.3) is 0 Å². The number of hydrogen-bond acceptors (Lipinski definition) is 5. The van der Waals surface area contributed by atoms with Crippen LogP contribution in [0, 0.1) is 18.7 Å². The Hall–Kier alpha value is -3.45.